The maximum atomic E-state index is 13.9. The van der Waals surface area contributed by atoms with Crippen LogP contribution < -0.4 is 5.32 Å². The summed E-state index contributed by atoms with van der Waals surface area (Å²) in [6.45, 7) is 7.52. The molecule has 0 aliphatic carbocycles. The summed E-state index contributed by atoms with van der Waals surface area (Å²) in [5, 5.41) is 3.18. The van der Waals surface area contributed by atoms with Crippen molar-refractivity contribution in [2.75, 3.05) is 12.4 Å². The Morgan fingerprint density at radius 2 is 2.15 bits per heavy atom. The maximum absolute atomic E-state index is 13.9. The smallest absolute Gasteiger partial charge is 0.307 e. The van der Waals surface area contributed by atoms with Crippen molar-refractivity contribution in [2.24, 2.45) is 5.41 Å². The molecule has 6 heteroatoms. The third-order valence-electron chi connectivity index (χ3n) is 3.06. The second-order valence-corrected chi connectivity index (χ2v) is 6.13. The van der Waals surface area contributed by atoms with Crippen molar-refractivity contribution in [1.29, 1.82) is 0 Å². The van der Waals surface area contributed by atoms with E-state index in [4.69, 9.17) is 11.6 Å². The predicted octanol–water partition coefficient (Wildman–Crippen LogP) is 3.57. The van der Waals surface area contributed by atoms with E-state index in [0.29, 0.717) is 5.56 Å². The van der Waals surface area contributed by atoms with Crippen molar-refractivity contribution in [3.05, 3.63) is 22.6 Å². The Morgan fingerprint density at radius 1 is 1.55 bits per heavy atom. The van der Waals surface area contributed by atoms with Gasteiger partial charge in [0.2, 0.25) is 0 Å². The Morgan fingerprint density at radius 3 is 2.65 bits per heavy atom. The van der Waals surface area contributed by atoms with Crippen LogP contribution in [0.1, 0.15) is 32.8 Å². The fourth-order valence-electron chi connectivity index (χ4n) is 1.65. The van der Waals surface area contributed by atoms with Crippen molar-refractivity contribution >= 4 is 23.4 Å². The number of aromatic nitrogens is 1. The molecule has 0 saturated carbocycles. The van der Waals surface area contributed by atoms with Crippen LogP contribution >= 0.6 is 11.6 Å². The van der Waals surface area contributed by atoms with Gasteiger partial charge in [0.25, 0.3) is 0 Å². The van der Waals surface area contributed by atoms with Crippen LogP contribution in [0.15, 0.2) is 6.07 Å². The van der Waals surface area contributed by atoms with Crippen LogP contribution in [-0.4, -0.2) is 24.1 Å². The van der Waals surface area contributed by atoms with Gasteiger partial charge in [0.1, 0.15) is 5.15 Å². The van der Waals surface area contributed by atoms with E-state index >= 15 is 0 Å². The Kier molecular flexibility index (Phi) is 5.34. The molecule has 1 aromatic heterocycles. The molecule has 1 atom stereocenters. The lowest BCUT2D eigenvalue weighted by Gasteiger charge is -2.31. The van der Waals surface area contributed by atoms with Gasteiger partial charge in [0.15, 0.2) is 11.6 Å². The minimum atomic E-state index is -0.494. The van der Waals surface area contributed by atoms with Crippen LogP contribution in [0.25, 0.3) is 0 Å². The normalized spacial score (nSPS) is 12.9. The van der Waals surface area contributed by atoms with Gasteiger partial charge in [-0.05, 0) is 24.0 Å². The lowest BCUT2D eigenvalue weighted by Crippen LogP contribution is -2.37. The first-order valence-corrected chi connectivity index (χ1v) is 6.69. The zero-order valence-corrected chi connectivity index (χ0v) is 13.1. The highest BCUT2D eigenvalue weighted by molar-refractivity contribution is 6.30. The van der Waals surface area contributed by atoms with E-state index in [1.165, 1.54) is 13.2 Å². The zero-order valence-electron chi connectivity index (χ0n) is 12.4. The first-order valence-electron chi connectivity index (χ1n) is 6.31. The minimum Gasteiger partial charge on any atom is -0.469 e. The van der Waals surface area contributed by atoms with Crippen LogP contribution in [0, 0.1) is 18.2 Å². The second-order valence-electron chi connectivity index (χ2n) is 5.77. The van der Waals surface area contributed by atoms with Crippen LogP contribution in [0.2, 0.25) is 5.15 Å². The average Bonchev–Trinajstić information content (AvgIpc) is 2.33. The third kappa shape index (κ3) is 4.34. The number of anilines is 1. The van der Waals surface area contributed by atoms with E-state index in [9.17, 15) is 9.18 Å². The van der Waals surface area contributed by atoms with Gasteiger partial charge in [-0.3, -0.25) is 4.79 Å². The maximum Gasteiger partial charge on any atom is 0.307 e. The molecule has 0 aliphatic rings. The van der Waals surface area contributed by atoms with E-state index < -0.39 is 5.82 Å². The van der Waals surface area contributed by atoms with Gasteiger partial charge in [-0.15, -0.1) is 0 Å². The number of carbonyl (C=O) groups excluding carboxylic acids is 1. The third-order valence-corrected chi connectivity index (χ3v) is 3.44. The van der Waals surface area contributed by atoms with Gasteiger partial charge in [-0.1, -0.05) is 32.4 Å². The summed E-state index contributed by atoms with van der Waals surface area (Å²) < 4.78 is 18.6. The predicted molar refractivity (Wildman–Crippen MR) is 77.4 cm³/mol. The molecular weight excluding hydrogens is 283 g/mol. The SMILES string of the molecule is COC(=O)CC(Nc1nc(Cl)c(C)cc1F)C(C)(C)C. The molecule has 1 heterocycles. The number of aryl methyl sites for hydroxylation is 1. The highest BCUT2D eigenvalue weighted by Gasteiger charge is 2.28. The monoisotopic (exact) mass is 302 g/mol. The number of nitrogens with one attached hydrogen (secondary N) is 1. The summed E-state index contributed by atoms with van der Waals surface area (Å²) in [6.07, 6.45) is 0.118. The van der Waals surface area contributed by atoms with Gasteiger partial charge in [-0.2, -0.15) is 0 Å². The largest absolute Gasteiger partial charge is 0.469 e. The van der Waals surface area contributed by atoms with Gasteiger partial charge in [0.05, 0.1) is 13.5 Å². The molecule has 0 fully saturated rings. The van der Waals surface area contributed by atoms with E-state index in [2.05, 4.69) is 15.0 Å². The molecule has 0 amide bonds. The number of hydrogen-bond donors (Lipinski definition) is 1. The molecule has 1 unspecified atom stereocenters. The number of methoxy groups -OCH3 is 1. The van der Waals surface area contributed by atoms with Gasteiger partial charge < -0.3 is 10.1 Å². The van der Waals surface area contributed by atoms with Crippen molar-refractivity contribution in [2.45, 2.75) is 40.2 Å². The standard InChI is InChI=1S/C14H20ClFN2O2/c1-8-6-9(16)13(18-12(8)15)17-10(14(2,3)4)7-11(19)20-5/h6,10H,7H2,1-5H3,(H,17,18). The molecule has 0 bridgehead atoms. The average molecular weight is 303 g/mol. The van der Waals surface area contributed by atoms with E-state index in [1.54, 1.807) is 6.92 Å². The number of esters is 1. The number of rotatable bonds is 4. The molecule has 112 valence electrons. The number of pyridine rings is 1. The first kappa shape index (κ1) is 16.7. The summed E-state index contributed by atoms with van der Waals surface area (Å²) in [6, 6.07) is 0.992. The Balaban J connectivity index is 3.01. The Bertz CT molecular complexity index is 501. The Labute approximate surface area is 123 Å². The minimum absolute atomic E-state index is 0.0458. The molecule has 0 spiro atoms. The van der Waals surface area contributed by atoms with Crippen molar-refractivity contribution < 1.29 is 13.9 Å². The second kappa shape index (κ2) is 6.39. The van der Waals surface area contributed by atoms with Crippen LogP contribution in [-0.2, 0) is 9.53 Å². The zero-order chi connectivity index (χ0) is 15.5. The molecular formula is C14H20ClFN2O2. The molecule has 0 radical (unpaired) electrons. The summed E-state index contributed by atoms with van der Waals surface area (Å²) in [4.78, 5) is 15.4. The van der Waals surface area contributed by atoms with Gasteiger partial charge in [0, 0.05) is 6.04 Å². The molecule has 20 heavy (non-hydrogen) atoms. The molecule has 1 aromatic rings. The number of ether oxygens (including phenoxy) is 1. The highest BCUT2D eigenvalue weighted by atomic mass is 35.5. The van der Waals surface area contributed by atoms with Crippen LogP contribution in [0.4, 0.5) is 10.2 Å². The fourth-order valence-corrected chi connectivity index (χ4v) is 1.79. The van der Waals surface area contributed by atoms with E-state index in [1.807, 2.05) is 20.8 Å². The summed E-state index contributed by atoms with van der Waals surface area (Å²) in [7, 11) is 1.32. The quantitative estimate of drug-likeness (QED) is 0.682. The van der Waals surface area contributed by atoms with Crippen LogP contribution in [0.5, 0.6) is 0 Å². The first-order chi connectivity index (χ1) is 9.15. The lowest BCUT2D eigenvalue weighted by molar-refractivity contribution is -0.141. The molecule has 0 aliphatic heterocycles. The molecule has 1 rings (SSSR count). The number of nitrogens with zero attached hydrogens (tertiary/aromatic N) is 1. The fraction of sp³-hybridized carbons (Fsp3) is 0.571. The van der Waals surface area contributed by atoms with Crippen LogP contribution in [0.3, 0.4) is 0 Å². The molecule has 4 nitrogen and oxygen atoms in total. The summed E-state index contributed by atoms with van der Waals surface area (Å²) >= 11 is 5.91. The topological polar surface area (TPSA) is 51.2 Å². The van der Waals surface area contributed by atoms with Gasteiger partial charge in [-0.25, -0.2) is 9.37 Å². The number of halogens is 2. The van der Waals surface area contributed by atoms with Crippen molar-refractivity contribution in [3.63, 3.8) is 0 Å². The van der Waals surface area contributed by atoms with E-state index in [-0.39, 0.29) is 34.8 Å². The van der Waals surface area contributed by atoms with E-state index in [0.717, 1.165) is 0 Å². The van der Waals surface area contributed by atoms with Gasteiger partial charge >= 0.3 is 5.97 Å². The number of hydrogen-bond acceptors (Lipinski definition) is 4. The lowest BCUT2D eigenvalue weighted by atomic mass is 9.84. The van der Waals surface area contributed by atoms with Crippen molar-refractivity contribution in [1.82, 2.24) is 4.98 Å². The molecule has 0 aromatic carbocycles. The summed E-state index contributed by atoms with van der Waals surface area (Å²) in [5.41, 5.74) is 0.287. The highest BCUT2D eigenvalue weighted by Crippen LogP contribution is 2.27. The summed E-state index contributed by atoms with van der Waals surface area (Å²) in [5.74, 6) is -0.813. The number of carbonyl (C=O) groups is 1. The molecule has 0 saturated heterocycles. The molecule has 1 N–H and O–H groups in total. The Hall–Kier alpha value is -1.36. The van der Waals surface area contributed by atoms with Crippen molar-refractivity contribution in [3.8, 4) is 0 Å².